The van der Waals surface area contributed by atoms with Crippen molar-refractivity contribution in [2.24, 2.45) is 47.3 Å². The largest absolute Gasteiger partial charge is 0.460 e. The maximum absolute atomic E-state index is 13.5. The van der Waals surface area contributed by atoms with Gasteiger partial charge in [0.2, 0.25) is 11.4 Å². The standard InChI is InChI=1S/C24H32O6/c1-9-7-13-17(20(26)10(2)19(13)25)16-12(9)8-14-18(16)23-21(27)28-15-5-6-22(14,4)29-24(23,30-23)11(15)3/h7,10-20,25-26H,5-6,8H2,1-4H3/t10-,11+,12-,13+,14+,15+,16-,17-,18+,19-,20+,22+,23+,24-/m0/s1. The summed E-state index contributed by atoms with van der Waals surface area (Å²) in [5.74, 6) is -0.908. The number of rotatable bonds is 0. The van der Waals surface area contributed by atoms with Gasteiger partial charge in [-0.2, -0.15) is 0 Å². The van der Waals surface area contributed by atoms with Gasteiger partial charge in [-0.3, -0.25) is 0 Å². The Bertz CT molecular complexity index is 885. The summed E-state index contributed by atoms with van der Waals surface area (Å²) in [4.78, 5) is 13.5. The van der Waals surface area contributed by atoms with Crippen LogP contribution in [-0.2, 0) is 19.0 Å². The molecule has 2 saturated carbocycles. The van der Waals surface area contributed by atoms with Crippen LogP contribution >= 0.6 is 0 Å². The average molecular weight is 417 g/mol. The minimum atomic E-state index is -1.05. The van der Waals surface area contributed by atoms with Crippen LogP contribution in [0.15, 0.2) is 11.6 Å². The van der Waals surface area contributed by atoms with Crippen molar-refractivity contribution in [2.75, 3.05) is 0 Å². The van der Waals surface area contributed by atoms with Gasteiger partial charge in [0, 0.05) is 17.8 Å². The van der Waals surface area contributed by atoms with E-state index in [1.54, 1.807) is 0 Å². The van der Waals surface area contributed by atoms with E-state index in [9.17, 15) is 15.0 Å². The zero-order valence-electron chi connectivity index (χ0n) is 18.1. The summed E-state index contributed by atoms with van der Waals surface area (Å²) in [5, 5.41) is 22.1. The fourth-order valence-corrected chi connectivity index (χ4v) is 9.18. The van der Waals surface area contributed by atoms with Crippen molar-refractivity contribution < 1.29 is 29.2 Å². The molecule has 6 heteroatoms. The molecule has 6 nitrogen and oxygen atoms in total. The zero-order valence-corrected chi connectivity index (χ0v) is 18.1. The van der Waals surface area contributed by atoms with E-state index in [1.165, 1.54) is 5.57 Å². The number of carbonyl (C=O) groups excluding carboxylic acids is 1. The van der Waals surface area contributed by atoms with Gasteiger partial charge in [0.05, 0.1) is 23.7 Å². The third kappa shape index (κ3) is 1.70. The van der Waals surface area contributed by atoms with Gasteiger partial charge < -0.3 is 24.4 Å². The molecule has 4 heterocycles. The maximum Gasteiger partial charge on any atom is 0.344 e. The van der Waals surface area contributed by atoms with E-state index in [0.717, 1.165) is 19.3 Å². The second kappa shape index (κ2) is 5.16. The molecule has 0 aromatic rings. The molecular formula is C24H32O6. The summed E-state index contributed by atoms with van der Waals surface area (Å²) in [6.45, 7) is 8.41. The molecule has 6 fully saturated rings. The Morgan fingerprint density at radius 3 is 2.67 bits per heavy atom. The molecule has 2 N–H and O–H groups in total. The fraction of sp³-hybridized carbons (Fsp3) is 0.875. The van der Waals surface area contributed by atoms with Crippen molar-refractivity contribution >= 4 is 5.97 Å². The van der Waals surface area contributed by atoms with Crippen LogP contribution in [0.5, 0.6) is 0 Å². The molecule has 4 aliphatic heterocycles. The number of epoxide rings is 1. The highest BCUT2D eigenvalue weighted by Gasteiger charge is 2.92. The smallest absolute Gasteiger partial charge is 0.344 e. The monoisotopic (exact) mass is 416 g/mol. The van der Waals surface area contributed by atoms with Crippen molar-refractivity contribution in [1.82, 2.24) is 0 Å². The normalized spacial score (nSPS) is 66.9. The number of allylic oxidation sites excluding steroid dienone is 1. The van der Waals surface area contributed by atoms with Crippen LogP contribution < -0.4 is 0 Å². The Morgan fingerprint density at radius 2 is 1.90 bits per heavy atom. The Kier molecular flexibility index (Phi) is 3.20. The molecule has 30 heavy (non-hydrogen) atoms. The fourth-order valence-electron chi connectivity index (χ4n) is 9.18. The van der Waals surface area contributed by atoms with E-state index >= 15 is 0 Å². The zero-order chi connectivity index (χ0) is 21.0. The van der Waals surface area contributed by atoms with Crippen molar-refractivity contribution in [2.45, 2.75) is 82.3 Å². The second-order valence-electron chi connectivity index (χ2n) is 11.6. The number of aliphatic hydroxyl groups is 2. The Labute approximate surface area is 176 Å². The van der Waals surface area contributed by atoms with Gasteiger partial charge in [0.1, 0.15) is 6.10 Å². The lowest BCUT2D eigenvalue weighted by Gasteiger charge is -2.50. The lowest BCUT2D eigenvalue weighted by molar-refractivity contribution is -0.232. The average Bonchev–Trinajstić information content (AvgIpc) is 3.15. The molecule has 0 unspecified atom stereocenters. The Morgan fingerprint density at radius 1 is 1.13 bits per heavy atom. The quantitative estimate of drug-likeness (QED) is 0.357. The van der Waals surface area contributed by atoms with Crippen LogP contribution in [0, 0.1) is 47.3 Å². The molecule has 0 amide bonds. The number of hydrogen-bond donors (Lipinski definition) is 2. The molecule has 0 radical (unpaired) electrons. The summed E-state index contributed by atoms with van der Waals surface area (Å²) >= 11 is 0. The van der Waals surface area contributed by atoms with Crippen LogP contribution in [0.2, 0.25) is 0 Å². The highest BCUT2D eigenvalue weighted by molar-refractivity contribution is 5.87. The van der Waals surface area contributed by atoms with E-state index in [-0.39, 0.29) is 65.0 Å². The number of esters is 1. The highest BCUT2D eigenvalue weighted by Crippen LogP contribution is 2.77. The summed E-state index contributed by atoms with van der Waals surface area (Å²) in [6.07, 6.45) is 3.55. The first kappa shape index (κ1) is 18.6. The van der Waals surface area contributed by atoms with E-state index in [2.05, 4.69) is 26.8 Å². The Hall–Kier alpha value is -0.950. The van der Waals surface area contributed by atoms with Crippen molar-refractivity contribution in [3.8, 4) is 0 Å². The highest BCUT2D eigenvalue weighted by atomic mass is 16.8. The molecule has 7 aliphatic rings. The van der Waals surface area contributed by atoms with E-state index in [4.69, 9.17) is 14.2 Å². The van der Waals surface area contributed by atoms with Crippen molar-refractivity contribution in [3.05, 3.63) is 11.6 Å². The first-order valence-corrected chi connectivity index (χ1v) is 11.8. The van der Waals surface area contributed by atoms with Crippen molar-refractivity contribution in [3.63, 3.8) is 0 Å². The SMILES string of the molecule is CC1=C[C@H]2[C@@H](O)[C@H](C)[C@@H](O)[C@@H]2[C@H]2[C@H]3[C@@H](C[C@@H]12)[C@@]1(C)CC[C@H]2OC(=O)[C@]34O[C@@]4(O1)[C@@H]2C. The second-order valence-corrected chi connectivity index (χ2v) is 11.6. The topological polar surface area (TPSA) is 88.5 Å². The van der Waals surface area contributed by atoms with Crippen LogP contribution in [0.4, 0.5) is 0 Å². The van der Waals surface area contributed by atoms with Gasteiger partial charge >= 0.3 is 5.97 Å². The first-order chi connectivity index (χ1) is 14.2. The van der Waals surface area contributed by atoms with Gasteiger partial charge in [0.15, 0.2) is 0 Å². The molecule has 4 saturated heterocycles. The van der Waals surface area contributed by atoms with Crippen molar-refractivity contribution in [1.29, 1.82) is 0 Å². The molecule has 7 rings (SSSR count). The minimum Gasteiger partial charge on any atom is -0.460 e. The van der Waals surface area contributed by atoms with E-state index < -0.39 is 23.6 Å². The molecule has 0 aromatic carbocycles. The molecule has 0 aromatic heterocycles. The predicted octanol–water partition coefficient (Wildman–Crippen LogP) is 2.03. The van der Waals surface area contributed by atoms with Gasteiger partial charge in [0.25, 0.3) is 0 Å². The Balaban J connectivity index is 1.43. The number of fused-ring (bicyclic) bond motifs is 8. The molecule has 3 bridgehead atoms. The molecule has 14 atom stereocenters. The van der Waals surface area contributed by atoms with E-state index in [1.807, 2.05) is 6.92 Å². The lowest BCUT2D eigenvalue weighted by Crippen LogP contribution is -2.63. The van der Waals surface area contributed by atoms with Gasteiger partial charge in [-0.25, -0.2) is 4.79 Å². The minimum absolute atomic E-state index is 0.00562. The maximum atomic E-state index is 13.5. The number of carbonyl (C=O) groups is 1. The third-order valence-corrected chi connectivity index (χ3v) is 10.7. The van der Waals surface area contributed by atoms with Crippen LogP contribution in [0.25, 0.3) is 0 Å². The number of aliphatic hydroxyl groups excluding tert-OH is 2. The molecular weight excluding hydrogens is 384 g/mol. The first-order valence-electron chi connectivity index (χ1n) is 11.8. The van der Waals surface area contributed by atoms with Crippen LogP contribution in [0.3, 0.4) is 0 Å². The van der Waals surface area contributed by atoms with Gasteiger partial charge in [-0.05, 0) is 56.8 Å². The summed E-state index contributed by atoms with van der Waals surface area (Å²) in [7, 11) is 0. The summed E-state index contributed by atoms with van der Waals surface area (Å²) < 4.78 is 19.2. The summed E-state index contributed by atoms with van der Waals surface area (Å²) in [5.41, 5.74) is -0.119. The molecule has 1 spiro atoms. The number of ether oxygens (including phenoxy) is 3. The predicted molar refractivity (Wildman–Crippen MR) is 105 cm³/mol. The number of hydrogen-bond acceptors (Lipinski definition) is 6. The van der Waals surface area contributed by atoms with E-state index in [0.29, 0.717) is 0 Å². The lowest BCUT2D eigenvalue weighted by atomic mass is 9.60. The van der Waals surface area contributed by atoms with Crippen LogP contribution in [-0.4, -0.2) is 51.5 Å². The van der Waals surface area contributed by atoms with Crippen LogP contribution in [0.1, 0.15) is 47.0 Å². The van der Waals surface area contributed by atoms with Gasteiger partial charge in [-0.1, -0.05) is 25.5 Å². The van der Waals surface area contributed by atoms with Gasteiger partial charge in [-0.15, -0.1) is 0 Å². The molecule has 3 aliphatic carbocycles. The third-order valence-electron chi connectivity index (χ3n) is 10.7. The summed E-state index contributed by atoms with van der Waals surface area (Å²) in [6, 6.07) is 0. The molecule has 164 valence electrons.